The Kier molecular flexibility index (Phi) is 6.67. The van der Waals surface area contributed by atoms with Gasteiger partial charge in [-0.05, 0) is 43.5 Å². The van der Waals surface area contributed by atoms with Gasteiger partial charge in [-0.1, -0.05) is 42.5 Å². The summed E-state index contributed by atoms with van der Waals surface area (Å²) >= 11 is 0. The van der Waals surface area contributed by atoms with Gasteiger partial charge in [0, 0.05) is 37.6 Å². The van der Waals surface area contributed by atoms with Crippen LogP contribution in [-0.4, -0.2) is 55.0 Å². The van der Waals surface area contributed by atoms with E-state index in [1.807, 2.05) is 30.0 Å². The summed E-state index contributed by atoms with van der Waals surface area (Å²) in [7, 11) is 0. The SMILES string of the molecule is Cc1cc(=O)oc2c(OCC(=O)N3CCN(CCCc4ccccc4)CC3)cccc12. The number of hydrogen-bond acceptors (Lipinski definition) is 5. The minimum absolute atomic E-state index is 0.0454. The molecule has 1 aromatic heterocycles. The zero-order chi connectivity index (χ0) is 21.6. The molecule has 1 amide bonds. The van der Waals surface area contributed by atoms with Crippen LogP contribution in [0, 0.1) is 6.92 Å². The summed E-state index contributed by atoms with van der Waals surface area (Å²) in [6, 6.07) is 17.4. The number of ether oxygens (including phenoxy) is 1. The van der Waals surface area contributed by atoms with Crippen LogP contribution in [-0.2, 0) is 11.2 Å². The van der Waals surface area contributed by atoms with Gasteiger partial charge < -0.3 is 14.1 Å². The monoisotopic (exact) mass is 420 g/mol. The molecule has 31 heavy (non-hydrogen) atoms. The maximum atomic E-state index is 12.6. The van der Waals surface area contributed by atoms with Crippen molar-refractivity contribution in [3.63, 3.8) is 0 Å². The van der Waals surface area contributed by atoms with Gasteiger partial charge in [0.05, 0.1) is 0 Å². The van der Waals surface area contributed by atoms with E-state index in [1.165, 1.54) is 11.6 Å². The van der Waals surface area contributed by atoms with Crippen molar-refractivity contribution in [3.05, 3.63) is 76.1 Å². The summed E-state index contributed by atoms with van der Waals surface area (Å²) in [5.41, 5.74) is 2.17. The standard InChI is InChI=1S/C25H28N2O4/c1-19-17-24(29)31-25-21(19)10-5-11-22(25)30-18-23(28)27-15-13-26(14-16-27)12-6-9-20-7-3-2-4-8-20/h2-5,7-8,10-11,17H,6,9,12-16,18H2,1H3. The highest BCUT2D eigenvalue weighted by atomic mass is 16.5. The molecule has 1 aliphatic rings. The van der Waals surface area contributed by atoms with E-state index in [2.05, 4.69) is 29.2 Å². The zero-order valence-electron chi connectivity index (χ0n) is 17.9. The van der Waals surface area contributed by atoms with Gasteiger partial charge in [0.1, 0.15) is 0 Å². The molecule has 6 nitrogen and oxygen atoms in total. The van der Waals surface area contributed by atoms with Crippen molar-refractivity contribution in [2.45, 2.75) is 19.8 Å². The van der Waals surface area contributed by atoms with E-state index in [0.717, 1.165) is 43.4 Å². The maximum Gasteiger partial charge on any atom is 0.336 e. The fraction of sp³-hybridized carbons (Fsp3) is 0.360. The first kappa shape index (κ1) is 21.1. The molecule has 0 saturated carbocycles. The number of rotatable bonds is 7. The van der Waals surface area contributed by atoms with Gasteiger partial charge in [-0.3, -0.25) is 9.69 Å². The van der Waals surface area contributed by atoms with Crippen molar-refractivity contribution in [1.82, 2.24) is 9.80 Å². The summed E-state index contributed by atoms with van der Waals surface area (Å²) in [6.07, 6.45) is 2.20. The van der Waals surface area contributed by atoms with Gasteiger partial charge in [-0.15, -0.1) is 0 Å². The highest BCUT2D eigenvalue weighted by Crippen LogP contribution is 2.26. The van der Waals surface area contributed by atoms with Crippen molar-refractivity contribution >= 4 is 16.9 Å². The molecule has 3 aromatic rings. The van der Waals surface area contributed by atoms with E-state index in [0.29, 0.717) is 24.4 Å². The molecular weight excluding hydrogens is 392 g/mol. The lowest BCUT2D eigenvalue weighted by Gasteiger charge is -2.34. The van der Waals surface area contributed by atoms with Gasteiger partial charge in [0.15, 0.2) is 17.9 Å². The van der Waals surface area contributed by atoms with E-state index >= 15 is 0 Å². The summed E-state index contributed by atoms with van der Waals surface area (Å²) in [5, 5.41) is 0.814. The van der Waals surface area contributed by atoms with Crippen molar-refractivity contribution in [2.75, 3.05) is 39.3 Å². The van der Waals surface area contributed by atoms with E-state index < -0.39 is 5.63 Å². The van der Waals surface area contributed by atoms with Crippen LogP contribution in [0.1, 0.15) is 17.5 Å². The van der Waals surface area contributed by atoms with Crippen molar-refractivity contribution < 1.29 is 13.9 Å². The number of benzene rings is 2. The summed E-state index contributed by atoms with van der Waals surface area (Å²) in [6.45, 7) is 6.00. The average molecular weight is 421 g/mol. The molecular formula is C25H28N2O4. The predicted octanol–water partition coefficient (Wildman–Crippen LogP) is 3.26. The molecule has 0 bridgehead atoms. The molecule has 162 valence electrons. The Hall–Kier alpha value is -3.12. The lowest BCUT2D eigenvalue weighted by Crippen LogP contribution is -2.50. The number of aryl methyl sites for hydroxylation is 2. The first-order chi connectivity index (χ1) is 15.1. The van der Waals surface area contributed by atoms with Crippen molar-refractivity contribution in [3.8, 4) is 5.75 Å². The Morgan fingerprint density at radius 2 is 1.81 bits per heavy atom. The minimum atomic E-state index is -0.421. The normalized spacial score (nSPS) is 14.7. The van der Waals surface area contributed by atoms with Gasteiger partial charge >= 0.3 is 5.63 Å². The molecule has 4 rings (SSSR count). The second-order valence-electron chi connectivity index (χ2n) is 7.98. The molecule has 1 fully saturated rings. The van der Waals surface area contributed by atoms with E-state index in [-0.39, 0.29) is 12.5 Å². The third-order valence-corrected chi connectivity index (χ3v) is 5.80. The van der Waals surface area contributed by atoms with E-state index in [9.17, 15) is 9.59 Å². The van der Waals surface area contributed by atoms with Crippen molar-refractivity contribution in [1.29, 1.82) is 0 Å². The number of carbonyl (C=O) groups excluding carboxylic acids is 1. The fourth-order valence-electron chi connectivity index (χ4n) is 4.03. The zero-order valence-corrected chi connectivity index (χ0v) is 17.9. The Morgan fingerprint density at radius 1 is 1.03 bits per heavy atom. The van der Waals surface area contributed by atoms with Gasteiger partial charge in [-0.25, -0.2) is 4.79 Å². The second kappa shape index (κ2) is 9.79. The number of fused-ring (bicyclic) bond motifs is 1. The molecule has 0 spiro atoms. The summed E-state index contributed by atoms with van der Waals surface area (Å²) in [4.78, 5) is 28.6. The quantitative estimate of drug-likeness (QED) is 0.549. The molecule has 0 atom stereocenters. The third-order valence-electron chi connectivity index (χ3n) is 5.80. The highest BCUT2D eigenvalue weighted by Gasteiger charge is 2.21. The number of hydrogen-bond donors (Lipinski definition) is 0. The van der Waals surface area contributed by atoms with E-state index in [4.69, 9.17) is 9.15 Å². The topological polar surface area (TPSA) is 63.0 Å². The molecule has 1 saturated heterocycles. The van der Waals surface area contributed by atoms with Gasteiger partial charge in [0.25, 0.3) is 5.91 Å². The number of piperazine rings is 1. The molecule has 0 unspecified atom stereocenters. The first-order valence-electron chi connectivity index (χ1n) is 10.8. The predicted molar refractivity (Wildman–Crippen MR) is 120 cm³/mol. The first-order valence-corrected chi connectivity index (χ1v) is 10.8. The van der Waals surface area contributed by atoms with Crippen LogP contribution in [0.2, 0.25) is 0 Å². The third kappa shape index (κ3) is 5.33. The summed E-state index contributed by atoms with van der Waals surface area (Å²) in [5.74, 6) is 0.377. The van der Waals surface area contributed by atoms with Crippen LogP contribution in [0.15, 0.2) is 63.8 Å². The number of nitrogens with zero attached hydrogens (tertiary/aromatic N) is 2. The smallest absolute Gasteiger partial charge is 0.336 e. The summed E-state index contributed by atoms with van der Waals surface area (Å²) < 4.78 is 11.1. The van der Waals surface area contributed by atoms with Crippen LogP contribution in [0.25, 0.3) is 11.0 Å². The van der Waals surface area contributed by atoms with Crippen LogP contribution >= 0.6 is 0 Å². The molecule has 2 aromatic carbocycles. The molecule has 0 aliphatic carbocycles. The lowest BCUT2D eigenvalue weighted by atomic mass is 10.1. The van der Waals surface area contributed by atoms with E-state index in [1.54, 1.807) is 6.07 Å². The van der Waals surface area contributed by atoms with Crippen LogP contribution in [0.4, 0.5) is 0 Å². The van der Waals surface area contributed by atoms with Gasteiger partial charge in [0.2, 0.25) is 0 Å². The fourth-order valence-corrected chi connectivity index (χ4v) is 4.03. The lowest BCUT2D eigenvalue weighted by molar-refractivity contribution is -0.135. The average Bonchev–Trinajstić information content (AvgIpc) is 2.79. The Morgan fingerprint density at radius 3 is 2.58 bits per heavy atom. The molecule has 1 aliphatic heterocycles. The molecule has 6 heteroatoms. The Labute approximate surface area is 182 Å². The van der Waals surface area contributed by atoms with Crippen LogP contribution in [0.3, 0.4) is 0 Å². The second-order valence-corrected chi connectivity index (χ2v) is 7.98. The van der Waals surface area contributed by atoms with Crippen LogP contribution < -0.4 is 10.4 Å². The Bertz CT molecular complexity index is 1090. The largest absolute Gasteiger partial charge is 0.480 e. The number of carbonyl (C=O) groups is 1. The maximum absolute atomic E-state index is 12.6. The Balaban J connectivity index is 1.25. The minimum Gasteiger partial charge on any atom is -0.480 e. The van der Waals surface area contributed by atoms with Crippen molar-refractivity contribution in [2.24, 2.45) is 0 Å². The van der Waals surface area contributed by atoms with Crippen LogP contribution in [0.5, 0.6) is 5.75 Å². The number of amides is 1. The molecule has 0 N–H and O–H groups in total. The molecule has 2 heterocycles. The highest BCUT2D eigenvalue weighted by molar-refractivity contribution is 5.85. The van der Waals surface area contributed by atoms with Gasteiger partial charge in [-0.2, -0.15) is 0 Å². The molecule has 0 radical (unpaired) electrons. The number of para-hydroxylation sites is 1.